The molecular weight excluding hydrogens is 314 g/mol. The van der Waals surface area contributed by atoms with E-state index in [9.17, 15) is 4.79 Å². The van der Waals surface area contributed by atoms with Crippen LogP contribution < -0.4 is 0 Å². The van der Waals surface area contributed by atoms with Crippen LogP contribution in [0.4, 0.5) is 0 Å². The van der Waals surface area contributed by atoms with Gasteiger partial charge in [-0.1, -0.05) is 24.3 Å². The van der Waals surface area contributed by atoms with Crippen LogP contribution in [0.5, 0.6) is 0 Å². The number of amides is 1. The third-order valence-corrected chi connectivity index (χ3v) is 4.77. The number of fused-ring (bicyclic) bond motifs is 1. The summed E-state index contributed by atoms with van der Waals surface area (Å²) in [6.07, 6.45) is 7.81. The van der Waals surface area contributed by atoms with E-state index in [2.05, 4.69) is 33.3 Å². The molecule has 0 saturated heterocycles. The van der Waals surface area contributed by atoms with Crippen molar-refractivity contribution in [1.29, 1.82) is 0 Å². The predicted molar refractivity (Wildman–Crippen MR) is 93.4 cm³/mol. The van der Waals surface area contributed by atoms with Crippen molar-refractivity contribution in [3.05, 3.63) is 71.9 Å². The van der Waals surface area contributed by atoms with Crippen molar-refractivity contribution in [2.24, 2.45) is 0 Å². The molecule has 0 unspecified atom stereocenters. The van der Waals surface area contributed by atoms with Gasteiger partial charge in [-0.2, -0.15) is 5.10 Å². The monoisotopic (exact) mass is 333 g/mol. The maximum atomic E-state index is 13.0. The normalized spacial score (nSPS) is 16.3. The first-order valence-electron chi connectivity index (χ1n) is 8.40. The second kappa shape index (κ2) is 6.47. The number of rotatable bonds is 3. The van der Waals surface area contributed by atoms with Crippen LogP contribution in [0.3, 0.4) is 0 Å². The van der Waals surface area contributed by atoms with Crippen LogP contribution in [0, 0.1) is 0 Å². The quantitative estimate of drug-likeness (QED) is 0.739. The van der Waals surface area contributed by atoms with Crippen molar-refractivity contribution < 1.29 is 4.79 Å². The number of aromatic nitrogens is 4. The summed E-state index contributed by atoms with van der Waals surface area (Å²) in [6.45, 7) is 0. The molecule has 0 saturated carbocycles. The molecule has 1 aliphatic carbocycles. The molecule has 0 fully saturated rings. The zero-order valence-corrected chi connectivity index (χ0v) is 14.0. The standard InChI is InChI=1S/C19H19N5O/c1-23(17-8-4-6-14-5-2-3-7-16(14)17)19(25)15-9-10-21-18(11-15)24-13-20-12-22-24/h2-3,5,7,9-13,17H,4,6,8H2,1H3/t17-/m0/s1. The summed E-state index contributed by atoms with van der Waals surface area (Å²) in [5, 5.41) is 4.07. The van der Waals surface area contributed by atoms with Gasteiger partial charge < -0.3 is 4.90 Å². The SMILES string of the molecule is CN(C(=O)c1ccnc(-n2cncn2)c1)[C@H]1CCCc2ccccc21. The summed E-state index contributed by atoms with van der Waals surface area (Å²) in [5.41, 5.74) is 3.21. The van der Waals surface area contributed by atoms with Crippen molar-refractivity contribution in [3.63, 3.8) is 0 Å². The highest BCUT2D eigenvalue weighted by Gasteiger charge is 2.27. The van der Waals surface area contributed by atoms with E-state index in [0.717, 1.165) is 19.3 Å². The molecule has 6 nitrogen and oxygen atoms in total. The minimum Gasteiger partial charge on any atom is -0.335 e. The summed E-state index contributed by atoms with van der Waals surface area (Å²) in [5.74, 6) is 0.575. The molecule has 0 N–H and O–H groups in total. The van der Waals surface area contributed by atoms with E-state index in [1.165, 1.54) is 17.5 Å². The van der Waals surface area contributed by atoms with Gasteiger partial charge >= 0.3 is 0 Å². The van der Waals surface area contributed by atoms with Crippen LogP contribution in [-0.4, -0.2) is 37.6 Å². The zero-order valence-electron chi connectivity index (χ0n) is 14.0. The van der Waals surface area contributed by atoms with E-state index in [0.29, 0.717) is 11.4 Å². The number of nitrogens with zero attached hydrogens (tertiary/aromatic N) is 5. The Bertz CT molecular complexity index is 890. The lowest BCUT2D eigenvalue weighted by Crippen LogP contribution is -2.33. The molecule has 0 bridgehead atoms. The number of hydrogen-bond acceptors (Lipinski definition) is 4. The maximum Gasteiger partial charge on any atom is 0.254 e. The average Bonchev–Trinajstić information content (AvgIpc) is 3.21. The third kappa shape index (κ3) is 2.91. The van der Waals surface area contributed by atoms with Gasteiger partial charge in [0.25, 0.3) is 5.91 Å². The van der Waals surface area contributed by atoms with E-state index in [1.54, 1.807) is 29.3 Å². The molecule has 2 heterocycles. The molecule has 126 valence electrons. The van der Waals surface area contributed by atoms with Crippen molar-refractivity contribution in [1.82, 2.24) is 24.6 Å². The van der Waals surface area contributed by atoms with E-state index in [-0.39, 0.29) is 11.9 Å². The van der Waals surface area contributed by atoms with E-state index in [4.69, 9.17) is 0 Å². The third-order valence-electron chi connectivity index (χ3n) is 4.77. The highest BCUT2D eigenvalue weighted by atomic mass is 16.2. The van der Waals surface area contributed by atoms with Crippen LogP contribution in [0.15, 0.2) is 55.2 Å². The molecule has 1 aliphatic rings. The first kappa shape index (κ1) is 15.5. The summed E-state index contributed by atoms with van der Waals surface area (Å²) < 4.78 is 1.55. The fourth-order valence-corrected chi connectivity index (χ4v) is 3.48. The first-order valence-corrected chi connectivity index (χ1v) is 8.40. The Labute approximate surface area is 146 Å². The first-order chi connectivity index (χ1) is 12.2. The van der Waals surface area contributed by atoms with Gasteiger partial charge in [0.2, 0.25) is 0 Å². The largest absolute Gasteiger partial charge is 0.335 e. The van der Waals surface area contributed by atoms with Gasteiger partial charge in [0, 0.05) is 18.8 Å². The molecule has 1 atom stereocenters. The molecule has 1 amide bonds. The molecule has 1 aromatic carbocycles. The van der Waals surface area contributed by atoms with E-state index in [1.807, 2.05) is 18.0 Å². The topological polar surface area (TPSA) is 63.9 Å². The maximum absolute atomic E-state index is 13.0. The second-order valence-corrected chi connectivity index (χ2v) is 6.27. The van der Waals surface area contributed by atoms with Crippen LogP contribution >= 0.6 is 0 Å². The summed E-state index contributed by atoms with van der Waals surface area (Å²) in [6, 6.07) is 12.0. The number of benzene rings is 1. The Morgan fingerprint density at radius 2 is 2.16 bits per heavy atom. The fraction of sp³-hybridized carbons (Fsp3) is 0.263. The number of aryl methyl sites for hydroxylation is 1. The molecule has 4 rings (SSSR count). The van der Waals surface area contributed by atoms with Gasteiger partial charge in [-0.3, -0.25) is 4.79 Å². The van der Waals surface area contributed by atoms with Crippen LogP contribution in [0.25, 0.3) is 5.82 Å². The van der Waals surface area contributed by atoms with Crippen LogP contribution in [-0.2, 0) is 6.42 Å². The van der Waals surface area contributed by atoms with Gasteiger partial charge in [-0.15, -0.1) is 0 Å². The second-order valence-electron chi connectivity index (χ2n) is 6.27. The lowest BCUT2D eigenvalue weighted by Gasteiger charge is -2.33. The van der Waals surface area contributed by atoms with Crippen LogP contribution in [0.2, 0.25) is 0 Å². The van der Waals surface area contributed by atoms with Gasteiger partial charge in [0.05, 0.1) is 6.04 Å². The minimum absolute atomic E-state index is 0.00883. The number of carbonyl (C=O) groups excluding carboxylic acids is 1. The highest BCUT2D eigenvalue weighted by molar-refractivity contribution is 5.94. The summed E-state index contributed by atoms with van der Waals surface area (Å²) in [7, 11) is 1.88. The number of carbonyl (C=O) groups is 1. The Hall–Kier alpha value is -3.02. The highest BCUT2D eigenvalue weighted by Crippen LogP contribution is 2.34. The molecule has 0 spiro atoms. The van der Waals surface area contributed by atoms with Gasteiger partial charge in [0.15, 0.2) is 5.82 Å². The van der Waals surface area contributed by atoms with Gasteiger partial charge in [-0.05, 0) is 42.5 Å². The predicted octanol–water partition coefficient (Wildman–Crippen LogP) is 2.81. The average molecular weight is 333 g/mol. The van der Waals surface area contributed by atoms with E-state index < -0.39 is 0 Å². The van der Waals surface area contributed by atoms with Gasteiger partial charge in [-0.25, -0.2) is 14.6 Å². The molecule has 6 heteroatoms. The van der Waals surface area contributed by atoms with Crippen LogP contribution in [0.1, 0.15) is 40.4 Å². The zero-order chi connectivity index (χ0) is 17.2. The smallest absolute Gasteiger partial charge is 0.254 e. The molecule has 0 radical (unpaired) electrons. The lowest BCUT2D eigenvalue weighted by molar-refractivity contribution is 0.0715. The number of hydrogen-bond donors (Lipinski definition) is 0. The Balaban J connectivity index is 1.62. The Morgan fingerprint density at radius 3 is 3.00 bits per heavy atom. The molecular formula is C19H19N5O. The van der Waals surface area contributed by atoms with Gasteiger partial charge in [0.1, 0.15) is 12.7 Å². The Morgan fingerprint density at radius 1 is 1.28 bits per heavy atom. The molecule has 25 heavy (non-hydrogen) atoms. The summed E-state index contributed by atoms with van der Waals surface area (Å²) in [4.78, 5) is 23.1. The van der Waals surface area contributed by atoms with E-state index >= 15 is 0 Å². The summed E-state index contributed by atoms with van der Waals surface area (Å²) >= 11 is 0. The fourth-order valence-electron chi connectivity index (χ4n) is 3.48. The number of pyridine rings is 1. The molecule has 3 aromatic rings. The van der Waals surface area contributed by atoms with Crippen molar-refractivity contribution >= 4 is 5.91 Å². The van der Waals surface area contributed by atoms with Crippen molar-refractivity contribution in [3.8, 4) is 5.82 Å². The Kier molecular flexibility index (Phi) is 4.01. The molecule has 0 aliphatic heterocycles. The minimum atomic E-state index is -0.00883. The van der Waals surface area contributed by atoms with Crippen molar-refractivity contribution in [2.75, 3.05) is 7.05 Å². The molecule has 2 aromatic heterocycles. The van der Waals surface area contributed by atoms with Crippen molar-refractivity contribution in [2.45, 2.75) is 25.3 Å². The lowest BCUT2D eigenvalue weighted by atomic mass is 9.87.